The molecule has 1 aromatic carbocycles. The minimum atomic E-state index is -0.270. The largest absolute Gasteiger partial charge is 0.466 e. The minimum Gasteiger partial charge on any atom is -0.466 e. The molecule has 1 aromatic rings. The number of likely N-dealkylation sites (tertiary alicyclic amines) is 1. The van der Waals surface area contributed by atoms with Gasteiger partial charge in [0.1, 0.15) is 0 Å². The quantitative estimate of drug-likeness (QED) is 0.755. The number of hydrogen-bond donors (Lipinski definition) is 0. The summed E-state index contributed by atoms with van der Waals surface area (Å²) in [5.74, 6) is -0.836. The van der Waals surface area contributed by atoms with Crippen LogP contribution in [0.3, 0.4) is 0 Å². The molecule has 1 saturated heterocycles. The maximum Gasteiger partial charge on any atom is 0.310 e. The standard InChI is InChI=1S/C20H28N2O4/c1-5-26-20(25)17-7-6-10-22(12-17)18(23)13-21(4)19(24)16-9-8-14(2)15(3)11-16/h8-9,11,17H,5-7,10,12-13H2,1-4H3. The van der Waals surface area contributed by atoms with Crippen molar-refractivity contribution < 1.29 is 19.1 Å². The predicted octanol–water partition coefficient (Wildman–Crippen LogP) is 2.18. The van der Waals surface area contributed by atoms with Crippen LogP contribution < -0.4 is 0 Å². The van der Waals surface area contributed by atoms with Gasteiger partial charge in [0, 0.05) is 25.7 Å². The molecule has 0 bridgehead atoms. The molecule has 0 spiro atoms. The fourth-order valence-corrected chi connectivity index (χ4v) is 3.13. The van der Waals surface area contributed by atoms with Crippen molar-refractivity contribution in [2.75, 3.05) is 33.3 Å². The summed E-state index contributed by atoms with van der Waals surface area (Å²) < 4.78 is 5.07. The summed E-state index contributed by atoms with van der Waals surface area (Å²) >= 11 is 0. The van der Waals surface area contributed by atoms with Crippen LogP contribution in [0.2, 0.25) is 0 Å². The van der Waals surface area contributed by atoms with E-state index >= 15 is 0 Å². The van der Waals surface area contributed by atoms with Crippen molar-refractivity contribution in [1.82, 2.24) is 9.80 Å². The van der Waals surface area contributed by atoms with Crippen LogP contribution in [0.4, 0.5) is 0 Å². The molecule has 2 rings (SSSR count). The molecule has 6 heteroatoms. The third kappa shape index (κ3) is 4.84. The molecule has 1 fully saturated rings. The molecule has 2 amide bonds. The first-order valence-corrected chi connectivity index (χ1v) is 9.10. The fraction of sp³-hybridized carbons (Fsp3) is 0.550. The first kappa shape index (κ1) is 19.9. The second-order valence-electron chi connectivity index (χ2n) is 6.89. The van der Waals surface area contributed by atoms with Crippen LogP contribution in [0.1, 0.15) is 41.3 Å². The Bertz CT molecular complexity index is 686. The lowest BCUT2D eigenvalue weighted by atomic mass is 9.98. The number of likely N-dealkylation sites (N-methyl/N-ethyl adjacent to an activating group) is 1. The Balaban J connectivity index is 1.96. The van der Waals surface area contributed by atoms with Crippen molar-refractivity contribution in [3.63, 3.8) is 0 Å². The smallest absolute Gasteiger partial charge is 0.310 e. The van der Waals surface area contributed by atoms with E-state index in [1.165, 1.54) is 4.90 Å². The van der Waals surface area contributed by atoms with Gasteiger partial charge in [0.05, 0.1) is 19.1 Å². The number of nitrogens with zero attached hydrogens (tertiary/aromatic N) is 2. The molecule has 0 N–H and O–H groups in total. The minimum absolute atomic E-state index is 0.00129. The highest BCUT2D eigenvalue weighted by molar-refractivity contribution is 5.96. The first-order valence-electron chi connectivity index (χ1n) is 9.10. The van der Waals surface area contributed by atoms with Gasteiger partial charge < -0.3 is 14.5 Å². The lowest BCUT2D eigenvalue weighted by Gasteiger charge is -2.32. The number of ether oxygens (including phenoxy) is 1. The van der Waals surface area contributed by atoms with Gasteiger partial charge in [-0.05, 0) is 56.9 Å². The molecule has 1 heterocycles. The van der Waals surface area contributed by atoms with Gasteiger partial charge in [0.2, 0.25) is 5.91 Å². The van der Waals surface area contributed by atoms with Crippen LogP contribution in [0.25, 0.3) is 0 Å². The lowest BCUT2D eigenvalue weighted by Crippen LogP contribution is -2.47. The first-order chi connectivity index (χ1) is 12.3. The van der Waals surface area contributed by atoms with Crippen molar-refractivity contribution in [3.8, 4) is 0 Å². The van der Waals surface area contributed by atoms with Gasteiger partial charge in [-0.2, -0.15) is 0 Å². The number of esters is 1. The molecule has 1 aliphatic rings. The van der Waals surface area contributed by atoms with Crippen molar-refractivity contribution in [2.45, 2.75) is 33.6 Å². The molecule has 0 aromatic heterocycles. The summed E-state index contributed by atoms with van der Waals surface area (Å²) in [5.41, 5.74) is 2.74. The second-order valence-corrected chi connectivity index (χ2v) is 6.89. The topological polar surface area (TPSA) is 66.9 Å². The lowest BCUT2D eigenvalue weighted by molar-refractivity contribution is -0.151. The van der Waals surface area contributed by atoms with Crippen molar-refractivity contribution >= 4 is 17.8 Å². The highest BCUT2D eigenvalue weighted by atomic mass is 16.5. The number of piperidine rings is 1. The Labute approximate surface area is 155 Å². The molecular weight excluding hydrogens is 332 g/mol. The van der Waals surface area contributed by atoms with E-state index < -0.39 is 0 Å². The summed E-state index contributed by atoms with van der Waals surface area (Å²) in [4.78, 5) is 40.1. The normalized spacial score (nSPS) is 16.9. The van der Waals surface area contributed by atoms with E-state index in [-0.39, 0.29) is 30.2 Å². The highest BCUT2D eigenvalue weighted by Gasteiger charge is 2.30. The van der Waals surface area contributed by atoms with Crippen LogP contribution in [-0.4, -0.2) is 60.9 Å². The van der Waals surface area contributed by atoms with Crippen LogP contribution in [0, 0.1) is 19.8 Å². The Morgan fingerprint density at radius 1 is 1.23 bits per heavy atom. The number of rotatable bonds is 5. The Kier molecular flexibility index (Phi) is 6.77. The third-order valence-corrected chi connectivity index (χ3v) is 4.87. The van der Waals surface area contributed by atoms with Crippen LogP contribution in [-0.2, 0) is 14.3 Å². The number of benzene rings is 1. The van der Waals surface area contributed by atoms with E-state index in [0.29, 0.717) is 25.3 Å². The fourth-order valence-electron chi connectivity index (χ4n) is 3.13. The average molecular weight is 360 g/mol. The van der Waals surface area contributed by atoms with Crippen molar-refractivity contribution in [3.05, 3.63) is 34.9 Å². The van der Waals surface area contributed by atoms with Gasteiger partial charge in [-0.1, -0.05) is 6.07 Å². The summed E-state index contributed by atoms with van der Waals surface area (Å²) in [6.07, 6.45) is 1.50. The van der Waals surface area contributed by atoms with Crippen LogP contribution in [0.5, 0.6) is 0 Å². The summed E-state index contributed by atoms with van der Waals surface area (Å²) in [6, 6.07) is 5.53. The Morgan fingerprint density at radius 3 is 2.62 bits per heavy atom. The van der Waals surface area contributed by atoms with E-state index in [2.05, 4.69) is 0 Å². The summed E-state index contributed by atoms with van der Waals surface area (Å²) in [5, 5.41) is 0. The number of carbonyl (C=O) groups is 3. The summed E-state index contributed by atoms with van der Waals surface area (Å²) in [7, 11) is 1.63. The zero-order chi connectivity index (χ0) is 19.3. The molecule has 0 radical (unpaired) electrons. The van der Waals surface area contributed by atoms with Gasteiger partial charge in [0.15, 0.2) is 0 Å². The van der Waals surface area contributed by atoms with Gasteiger partial charge in [0.25, 0.3) is 5.91 Å². The maximum absolute atomic E-state index is 12.6. The van der Waals surface area contributed by atoms with Gasteiger partial charge in [-0.3, -0.25) is 14.4 Å². The predicted molar refractivity (Wildman–Crippen MR) is 98.8 cm³/mol. The molecular formula is C20H28N2O4. The number of amides is 2. The molecule has 142 valence electrons. The zero-order valence-electron chi connectivity index (χ0n) is 16.1. The van der Waals surface area contributed by atoms with Crippen LogP contribution >= 0.6 is 0 Å². The number of carbonyl (C=O) groups excluding carboxylic acids is 3. The van der Waals surface area contributed by atoms with E-state index in [4.69, 9.17) is 4.74 Å². The molecule has 0 saturated carbocycles. The monoisotopic (exact) mass is 360 g/mol. The molecule has 1 aliphatic heterocycles. The Hall–Kier alpha value is -2.37. The Morgan fingerprint density at radius 2 is 1.96 bits per heavy atom. The van der Waals surface area contributed by atoms with E-state index in [1.807, 2.05) is 26.0 Å². The molecule has 1 atom stereocenters. The van der Waals surface area contributed by atoms with Crippen molar-refractivity contribution in [1.29, 1.82) is 0 Å². The molecule has 1 unspecified atom stereocenters. The average Bonchev–Trinajstić information content (AvgIpc) is 2.63. The third-order valence-electron chi connectivity index (χ3n) is 4.87. The molecule has 0 aliphatic carbocycles. The van der Waals surface area contributed by atoms with E-state index in [9.17, 15) is 14.4 Å². The number of hydrogen-bond acceptors (Lipinski definition) is 4. The van der Waals surface area contributed by atoms with Crippen LogP contribution in [0.15, 0.2) is 18.2 Å². The van der Waals surface area contributed by atoms with E-state index in [1.54, 1.807) is 24.9 Å². The maximum atomic E-state index is 12.6. The summed E-state index contributed by atoms with van der Waals surface area (Å²) in [6.45, 7) is 7.05. The SMILES string of the molecule is CCOC(=O)C1CCCN(C(=O)CN(C)C(=O)c2ccc(C)c(C)c2)C1. The zero-order valence-corrected chi connectivity index (χ0v) is 16.1. The molecule has 26 heavy (non-hydrogen) atoms. The highest BCUT2D eigenvalue weighted by Crippen LogP contribution is 2.18. The van der Waals surface area contributed by atoms with Gasteiger partial charge in [-0.15, -0.1) is 0 Å². The second kappa shape index (κ2) is 8.83. The van der Waals surface area contributed by atoms with Crippen molar-refractivity contribution in [2.24, 2.45) is 5.92 Å². The van der Waals surface area contributed by atoms with Gasteiger partial charge >= 0.3 is 5.97 Å². The molecule has 6 nitrogen and oxygen atoms in total. The number of aryl methyl sites for hydroxylation is 2. The van der Waals surface area contributed by atoms with E-state index in [0.717, 1.165) is 24.0 Å². The van der Waals surface area contributed by atoms with Gasteiger partial charge in [-0.25, -0.2) is 0 Å².